The Labute approximate surface area is 258 Å². The largest absolute Gasteiger partial charge is 0.437 e. The van der Waals surface area contributed by atoms with Crippen LogP contribution in [0, 0.1) is 6.92 Å². The number of alkyl halides is 3. The second-order valence-electron chi connectivity index (χ2n) is 11.3. The van der Waals surface area contributed by atoms with Crippen molar-refractivity contribution >= 4 is 22.6 Å². The molecule has 1 aliphatic heterocycles. The summed E-state index contributed by atoms with van der Waals surface area (Å²) in [6, 6.07) is 14.1. The van der Waals surface area contributed by atoms with Crippen LogP contribution in [0.3, 0.4) is 0 Å². The number of hydrogen-bond acceptors (Lipinski definition) is 7. The Balaban J connectivity index is 1.28. The molecule has 0 aliphatic carbocycles. The summed E-state index contributed by atoms with van der Waals surface area (Å²) in [4.78, 5) is 31.2. The molecule has 1 fully saturated rings. The summed E-state index contributed by atoms with van der Waals surface area (Å²) >= 11 is 0. The summed E-state index contributed by atoms with van der Waals surface area (Å²) in [6.07, 6.45) is 0.615. The number of benzene rings is 2. The van der Waals surface area contributed by atoms with E-state index < -0.39 is 17.6 Å². The number of amides is 1. The molecule has 2 aromatic carbocycles. The van der Waals surface area contributed by atoms with Gasteiger partial charge < -0.3 is 19.5 Å². The lowest BCUT2D eigenvalue weighted by atomic mass is 10.1. The SMILES string of the molecule is Cc1ccc(C(=O)Nc2cc(CN3CCN(C)CC3)cc(C(F)(F)F)c2)cc1Oc1nc(-c2cccnc2)nc2ccn(C)c12. The highest BCUT2D eigenvalue weighted by atomic mass is 19.4. The molecule has 1 aliphatic rings. The number of nitrogens with one attached hydrogen (secondary N) is 1. The van der Waals surface area contributed by atoms with Gasteiger partial charge in [-0.05, 0) is 73.6 Å². The van der Waals surface area contributed by atoms with E-state index in [0.29, 0.717) is 46.2 Å². The van der Waals surface area contributed by atoms with E-state index in [1.165, 1.54) is 0 Å². The van der Waals surface area contributed by atoms with Crippen molar-refractivity contribution in [2.45, 2.75) is 19.6 Å². The Kier molecular flexibility index (Phi) is 8.26. The number of nitrogens with zero attached hydrogens (tertiary/aromatic N) is 6. The lowest BCUT2D eigenvalue weighted by Crippen LogP contribution is -2.43. The number of aromatic nitrogens is 4. The van der Waals surface area contributed by atoms with Crippen molar-refractivity contribution in [3.05, 3.63) is 95.4 Å². The number of anilines is 1. The van der Waals surface area contributed by atoms with Gasteiger partial charge in [-0.3, -0.25) is 14.7 Å². The van der Waals surface area contributed by atoms with Crippen LogP contribution in [0.15, 0.2) is 73.2 Å². The summed E-state index contributed by atoms with van der Waals surface area (Å²) in [6.45, 7) is 5.39. The van der Waals surface area contributed by atoms with E-state index in [9.17, 15) is 18.0 Å². The molecule has 0 spiro atoms. The molecular formula is C33H32F3N7O2. The van der Waals surface area contributed by atoms with Crippen LogP contribution in [-0.4, -0.2) is 68.5 Å². The van der Waals surface area contributed by atoms with Crippen LogP contribution in [0.4, 0.5) is 18.9 Å². The van der Waals surface area contributed by atoms with Crippen LogP contribution in [-0.2, 0) is 19.8 Å². The fourth-order valence-corrected chi connectivity index (χ4v) is 5.29. The first-order chi connectivity index (χ1) is 21.5. The first-order valence-corrected chi connectivity index (χ1v) is 14.5. The van der Waals surface area contributed by atoms with E-state index >= 15 is 0 Å². The van der Waals surface area contributed by atoms with Crippen molar-refractivity contribution in [1.29, 1.82) is 0 Å². The van der Waals surface area contributed by atoms with E-state index in [1.807, 2.05) is 43.9 Å². The second-order valence-corrected chi connectivity index (χ2v) is 11.3. The molecule has 1 saturated heterocycles. The summed E-state index contributed by atoms with van der Waals surface area (Å²) in [5, 5.41) is 2.67. The molecule has 0 saturated carbocycles. The van der Waals surface area contributed by atoms with Crippen LogP contribution >= 0.6 is 0 Å². The molecule has 3 aromatic heterocycles. The third-order valence-corrected chi connectivity index (χ3v) is 7.84. The van der Waals surface area contributed by atoms with Gasteiger partial charge in [0.2, 0.25) is 5.88 Å². The number of piperazine rings is 1. The predicted octanol–water partition coefficient (Wildman–Crippen LogP) is 6.15. The molecule has 1 N–H and O–H groups in total. The highest BCUT2D eigenvalue weighted by Crippen LogP contribution is 2.34. The normalized spacial score (nSPS) is 14.5. The van der Waals surface area contributed by atoms with Crippen LogP contribution in [0.25, 0.3) is 22.4 Å². The van der Waals surface area contributed by atoms with E-state index in [1.54, 1.807) is 42.7 Å². The van der Waals surface area contributed by atoms with Crippen molar-refractivity contribution in [3.8, 4) is 23.0 Å². The Hall–Kier alpha value is -4.81. The Morgan fingerprint density at radius 1 is 1.00 bits per heavy atom. The molecule has 0 unspecified atom stereocenters. The van der Waals surface area contributed by atoms with Gasteiger partial charge in [0.05, 0.1) is 11.1 Å². The number of fused-ring (bicyclic) bond motifs is 1. The van der Waals surface area contributed by atoms with Crippen molar-refractivity contribution in [2.24, 2.45) is 7.05 Å². The molecule has 9 nitrogen and oxygen atoms in total. The highest BCUT2D eigenvalue weighted by molar-refractivity contribution is 6.04. The Morgan fingerprint density at radius 3 is 2.53 bits per heavy atom. The van der Waals surface area contributed by atoms with Gasteiger partial charge in [-0.2, -0.15) is 18.2 Å². The summed E-state index contributed by atoms with van der Waals surface area (Å²) in [5.41, 5.74) is 2.76. The Morgan fingerprint density at radius 2 is 1.80 bits per heavy atom. The zero-order valence-electron chi connectivity index (χ0n) is 25.1. The summed E-state index contributed by atoms with van der Waals surface area (Å²) in [5.74, 6) is 0.534. The molecule has 0 atom stereocenters. The summed E-state index contributed by atoms with van der Waals surface area (Å²) in [7, 11) is 3.87. The van der Waals surface area contributed by atoms with Crippen molar-refractivity contribution in [3.63, 3.8) is 0 Å². The molecule has 4 heterocycles. The summed E-state index contributed by atoms with van der Waals surface area (Å²) < 4.78 is 49.6. The minimum atomic E-state index is -4.56. The van der Waals surface area contributed by atoms with Gasteiger partial charge >= 0.3 is 6.18 Å². The zero-order valence-corrected chi connectivity index (χ0v) is 25.1. The predicted molar refractivity (Wildman–Crippen MR) is 165 cm³/mol. The number of ether oxygens (including phenoxy) is 1. The first kappa shape index (κ1) is 30.2. The number of likely N-dealkylation sites (N-methyl/N-ethyl adjacent to an activating group) is 1. The van der Waals surface area contributed by atoms with Gasteiger partial charge in [0.25, 0.3) is 5.91 Å². The number of halogens is 3. The first-order valence-electron chi connectivity index (χ1n) is 14.5. The maximum Gasteiger partial charge on any atom is 0.416 e. The molecule has 12 heteroatoms. The molecule has 232 valence electrons. The van der Waals surface area contributed by atoms with Gasteiger partial charge in [0, 0.05) is 75.2 Å². The van der Waals surface area contributed by atoms with Gasteiger partial charge in [0.15, 0.2) is 5.82 Å². The van der Waals surface area contributed by atoms with Gasteiger partial charge in [-0.15, -0.1) is 0 Å². The lowest BCUT2D eigenvalue weighted by Gasteiger charge is -2.32. The molecule has 6 rings (SSSR count). The van der Waals surface area contributed by atoms with Crippen LogP contribution < -0.4 is 10.1 Å². The number of hydrogen-bond donors (Lipinski definition) is 1. The van der Waals surface area contributed by atoms with E-state index in [2.05, 4.69) is 30.1 Å². The molecule has 0 radical (unpaired) electrons. The van der Waals surface area contributed by atoms with Gasteiger partial charge in [0.1, 0.15) is 11.3 Å². The monoisotopic (exact) mass is 615 g/mol. The fourth-order valence-electron chi connectivity index (χ4n) is 5.29. The van der Waals surface area contributed by atoms with Crippen molar-refractivity contribution in [1.82, 2.24) is 29.3 Å². The smallest absolute Gasteiger partial charge is 0.416 e. The average molecular weight is 616 g/mol. The number of pyridine rings is 1. The number of aryl methyl sites for hydroxylation is 2. The number of carbonyl (C=O) groups excluding carboxylic acids is 1. The zero-order chi connectivity index (χ0) is 31.7. The van der Waals surface area contributed by atoms with Crippen LogP contribution in [0.5, 0.6) is 11.6 Å². The molecule has 0 bridgehead atoms. The van der Waals surface area contributed by atoms with Crippen LogP contribution in [0.1, 0.15) is 27.0 Å². The van der Waals surface area contributed by atoms with Crippen molar-refractivity contribution in [2.75, 3.05) is 38.5 Å². The quantitative estimate of drug-likeness (QED) is 0.235. The molecule has 45 heavy (non-hydrogen) atoms. The highest BCUT2D eigenvalue weighted by Gasteiger charge is 2.32. The fraction of sp³-hybridized carbons (Fsp3) is 0.273. The maximum absolute atomic E-state index is 13.8. The minimum absolute atomic E-state index is 0.0735. The number of carbonyl (C=O) groups is 1. The third kappa shape index (κ3) is 6.81. The van der Waals surface area contributed by atoms with Gasteiger partial charge in [-0.25, -0.2) is 4.98 Å². The number of rotatable bonds is 7. The standard InChI is InChI=1S/C33H32F3N7O2/c1-21-6-7-23(17-28(21)45-32-29-27(8-10-42(29)3)39-30(40-32)24-5-4-9-37-19-24)31(44)38-26-16-22(15-25(18-26)33(34,35)36)20-43-13-11-41(2)12-14-43/h4-10,15-19H,11-14,20H2,1-3H3,(H,38,44). The van der Waals surface area contributed by atoms with Crippen LogP contribution in [0.2, 0.25) is 0 Å². The molecule has 5 aromatic rings. The third-order valence-electron chi connectivity index (χ3n) is 7.84. The molecular weight excluding hydrogens is 583 g/mol. The van der Waals surface area contributed by atoms with E-state index in [4.69, 9.17) is 4.74 Å². The van der Waals surface area contributed by atoms with E-state index in [-0.39, 0.29) is 11.3 Å². The Bertz CT molecular complexity index is 1850. The average Bonchev–Trinajstić information content (AvgIpc) is 3.40. The second kappa shape index (κ2) is 12.3. The van der Waals surface area contributed by atoms with E-state index in [0.717, 1.165) is 43.9 Å². The van der Waals surface area contributed by atoms with Crippen molar-refractivity contribution < 1.29 is 22.7 Å². The lowest BCUT2D eigenvalue weighted by molar-refractivity contribution is -0.137. The molecule has 1 amide bonds. The van der Waals surface area contributed by atoms with Gasteiger partial charge in [-0.1, -0.05) is 6.07 Å². The minimum Gasteiger partial charge on any atom is -0.437 e. The topological polar surface area (TPSA) is 88.4 Å². The maximum atomic E-state index is 13.8.